The van der Waals surface area contributed by atoms with E-state index in [-0.39, 0.29) is 5.25 Å². The highest BCUT2D eigenvalue weighted by Crippen LogP contribution is 2.30. The van der Waals surface area contributed by atoms with Gasteiger partial charge >= 0.3 is 0 Å². The van der Waals surface area contributed by atoms with Gasteiger partial charge in [0.2, 0.25) is 0 Å². The molecule has 1 aliphatic heterocycles. The van der Waals surface area contributed by atoms with E-state index in [0.29, 0.717) is 35.8 Å². The molecule has 0 radical (unpaired) electrons. The monoisotopic (exact) mass is 446 g/mol. The van der Waals surface area contributed by atoms with E-state index in [1.165, 1.54) is 11.1 Å². The van der Waals surface area contributed by atoms with Gasteiger partial charge in [0, 0.05) is 29.9 Å². The molecule has 0 aliphatic carbocycles. The number of hydrogen-bond acceptors (Lipinski definition) is 5. The van der Waals surface area contributed by atoms with Crippen molar-refractivity contribution in [3.05, 3.63) is 75.8 Å². The molecule has 1 aromatic heterocycles. The van der Waals surface area contributed by atoms with Crippen LogP contribution in [0.2, 0.25) is 5.02 Å². The van der Waals surface area contributed by atoms with Crippen LogP contribution in [0.1, 0.15) is 29.7 Å². The molecule has 2 heterocycles. The van der Waals surface area contributed by atoms with Gasteiger partial charge in [-0.15, -0.1) is 11.3 Å². The van der Waals surface area contributed by atoms with Gasteiger partial charge in [-0.2, -0.15) is 0 Å². The molecule has 152 valence electrons. The topological polar surface area (TPSA) is 50.3 Å². The number of nitrogens with zero attached hydrogens (tertiary/aromatic N) is 2. The van der Waals surface area contributed by atoms with Crippen LogP contribution in [-0.4, -0.2) is 31.7 Å². The van der Waals surface area contributed by atoms with Crippen LogP contribution in [-0.2, 0) is 16.3 Å². The Morgan fingerprint density at radius 1 is 1.10 bits per heavy atom. The SMILES string of the molecule is Cc1ccccc1Cc1csc(N2CCC(S(=O)(=O)c3ccc(Cl)cc3)CC2)n1. The number of aryl methyl sites for hydroxylation is 1. The average molecular weight is 447 g/mol. The van der Waals surface area contributed by atoms with Crippen molar-refractivity contribution in [3.63, 3.8) is 0 Å². The van der Waals surface area contributed by atoms with Gasteiger partial charge in [0.1, 0.15) is 0 Å². The molecular weight excluding hydrogens is 424 g/mol. The van der Waals surface area contributed by atoms with Crippen molar-refractivity contribution < 1.29 is 8.42 Å². The first-order valence-corrected chi connectivity index (χ1v) is 12.5. The number of sulfone groups is 1. The first kappa shape index (κ1) is 20.4. The minimum atomic E-state index is -3.33. The maximum Gasteiger partial charge on any atom is 0.185 e. The van der Waals surface area contributed by atoms with Crippen LogP contribution in [0.4, 0.5) is 5.13 Å². The summed E-state index contributed by atoms with van der Waals surface area (Å²) in [6.45, 7) is 3.53. The second-order valence-corrected chi connectivity index (χ2v) is 10.9. The summed E-state index contributed by atoms with van der Waals surface area (Å²) in [5.41, 5.74) is 3.63. The van der Waals surface area contributed by atoms with Crippen molar-refractivity contribution in [1.82, 2.24) is 4.98 Å². The van der Waals surface area contributed by atoms with Gasteiger partial charge < -0.3 is 4.90 Å². The summed E-state index contributed by atoms with van der Waals surface area (Å²) >= 11 is 7.53. The minimum Gasteiger partial charge on any atom is -0.348 e. The van der Waals surface area contributed by atoms with Gasteiger partial charge in [-0.3, -0.25) is 0 Å². The summed E-state index contributed by atoms with van der Waals surface area (Å²) in [4.78, 5) is 7.37. The summed E-state index contributed by atoms with van der Waals surface area (Å²) in [5.74, 6) is 0. The molecule has 4 rings (SSSR count). The number of piperidine rings is 1. The highest BCUT2D eigenvalue weighted by molar-refractivity contribution is 7.92. The lowest BCUT2D eigenvalue weighted by Gasteiger charge is -2.31. The number of rotatable bonds is 5. The van der Waals surface area contributed by atoms with Gasteiger partial charge in [-0.05, 0) is 55.2 Å². The van der Waals surface area contributed by atoms with Gasteiger partial charge in [0.05, 0.1) is 15.8 Å². The van der Waals surface area contributed by atoms with Crippen molar-refractivity contribution >= 4 is 37.9 Å². The molecule has 29 heavy (non-hydrogen) atoms. The lowest BCUT2D eigenvalue weighted by atomic mass is 10.1. The van der Waals surface area contributed by atoms with Gasteiger partial charge in [0.25, 0.3) is 0 Å². The summed E-state index contributed by atoms with van der Waals surface area (Å²) in [5, 5.41) is 3.28. The fourth-order valence-electron chi connectivity index (χ4n) is 3.70. The normalized spacial score (nSPS) is 15.6. The fourth-order valence-corrected chi connectivity index (χ4v) is 6.44. The summed E-state index contributed by atoms with van der Waals surface area (Å²) in [6, 6.07) is 14.8. The molecule has 4 nitrogen and oxygen atoms in total. The summed E-state index contributed by atoms with van der Waals surface area (Å²) < 4.78 is 25.8. The fraction of sp³-hybridized carbons (Fsp3) is 0.318. The van der Waals surface area contributed by atoms with E-state index in [0.717, 1.165) is 17.2 Å². The molecule has 0 saturated carbocycles. The molecule has 7 heteroatoms. The molecule has 0 unspecified atom stereocenters. The van der Waals surface area contributed by atoms with E-state index in [1.54, 1.807) is 35.6 Å². The lowest BCUT2D eigenvalue weighted by molar-refractivity contribution is 0.529. The van der Waals surface area contributed by atoms with E-state index in [4.69, 9.17) is 16.6 Å². The molecule has 1 aliphatic rings. The largest absolute Gasteiger partial charge is 0.348 e. The quantitative estimate of drug-likeness (QED) is 0.544. The van der Waals surface area contributed by atoms with E-state index in [2.05, 4.69) is 35.4 Å². The number of hydrogen-bond donors (Lipinski definition) is 0. The van der Waals surface area contributed by atoms with Crippen molar-refractivity contribution in [2.75, 3.05) is 18.0 Å². The Morgan fingerprint density at radius 2 is 1.79 bits per heavy atom. The smallest absolute Gasteiger partial charge is 0.185 e. The summed E-state index contributed by atoms with van der Waals surface area (Å²) in [7, 11) is -3.33. The van der Waals surface area contributed by atoms with Crippen LogP contribution in [0.15, 0.2) is 58.8 Å². The first-order valence-electron chi connectivity index (χ1n) is 9.67. The van der Waals surface area contributed by atoms with E-state index in [9.17, 15) is 8.42 Å². The molecule has 0 N–H and O–H groups in total. The van der Waals surface area contributed by atoms with Crippen LogP contribution < -0.4 is 4.90 Å². The standard InChI is InChI=1S/C22H23ClN2O2S2/c1-16-4-2-3-5-17(16)14-19-15-28-22(24-19)25-12-10-21(11-13-25)29(26,27)20-8-6-18(23)7-9-20/h2-9,15,21H,10-14H2,1H3. The zero-order chi connectivity index (χ0) is 20.4. The third-order valence-electron chi connectivity index (χ3n) is 5.47. The van der Waals surface area contributed by atoms with E-state index < -0.39 is 9.84 Å². The molecule has 0 atom stereocenters. The van der Waals surface area contributed by atoms with Crippen LogP contribution >= 0.6 is 22.9 Å². The second kappa shape index (κ2) is 8.46. The average Bonchev–Trinajstić information content (AvgIpc) is 3.19. The molecule has 1 fully saturated rings. The Balaban J connectivity index is 1.40. The minimum absolute atomic E-state index is 0.355. The molecule has 0 amide bonds. The molecular formula is C22H23ClN2O2S2. The predicted molar refractivity (Wildman–Crippen MR) is 120 cm³/mol. The predicted octanol–water partition coefficient (Wildman–Crippen LogP) is 5.14. The van der Waals surface area contributed by atoms with Crippen LogP contribution in [0.3, 0.4) is 0 Å². The highest BCUT2D eigenvalue weighted by atomic mass is 35.5. The van der Waals surface area contributed by atoms with Crippen molar-refractivity contribution in [3.8, 4) is 0 Å². The van der Waals surface area contributed by atoms with Crippen molar-refractivity contribution in [2.45, 2.75) is 36.3 Å². The van der Waals surface area contributed by atoms with Crippen LogP contribution in [0.25, 0.3) is 0 Å². The van der Waals surface area contributed by atoms with Gasteiger partial charge in [0.15, 0.2) is 15.0 Å². The number of benzene rings is 2. The lowest BCUT2D eigenvalue weighted by Crippen LogP contribution is -2.39. The number of aromatic nitrogens is 1. The molecule has 3 aromatic rings. The number of thiazole rings is 1. The Kier molecular flexibility index (Phi) is 5.95. The second-order valence-electron chi connectivity index (χ2n) is 7.41. The zero-order valence-electron chi connectivity index (χ0n) is 16.2. The maximum absolute atomic E-state index is 12.9. The number of halogens is 1. The van der Waals surface area contributed by atoms with E-state index in [1.807, 2.05) is 6.07 Å². The first-order chi connectivity index (χ1) is 13.9. The zero-order valence-corrected chi connectivity index (χ0v) is 18.6. The Labute approximate surface area is 181 Å². The van der Waals surface area contributed by atoms with Crippen molar-refractivity contribution in [1.29, 1.82) is 0 Å². The van der Waals surface area contributed by atoms with Crippen LogP contribution in [0.5, 0.6) is 0 Å². The Hall–Kier alpha value is -1.89. The third kappa shape index (κ3) is 4.49. The van der Waals surface area contributed by atoms with Crippen LogP contribution in [0, 0.1) is 6.92 Å². The Morgan fingerprint density at radius 3 is 2.48 bits per heavy atom. The van der Waals surface area contributed by atoms with Gasteiger partial charge in [-0.25, -0.2) is 13.4 Å². The van der Waals surface area contributed by atoms with Gasteiger partial charge in [-0.1, -0.05) is 35.9 Å². The Bertz CT molecular complexity index is 1090. The highest BCUT2D eigenvalue weighted by Gasteiger charge is 2.32. The molecule has 0 spiro atoms. The van der Waals surface area contributed by atoms with Crippen molar-refractivity contribution in [2.24, 2.45) is 0 Å². The molecule has 2 aromatic carbocycles. The maximum atomic E-state index is 12.9. The molecule has 1 saturated heterocycles. The summed E-state index contributed by atoms with van der Waals surface area (Å²) in [6.07, 6.45) is 2.04. The third-order valence-corrected chi connectivity index (χ3v) is 8.95. The molecule has 0 bridgehead atoms. The van der Waals surface area contributed by atoms with E-state index >= 15 is 0 Å². The number of anilines is 1.